The van der Waals surface area contributed by atoms with Crippen LogP contribution in [0.3, 0.4) is 0 Å². The van der Waals surface area contributed by atoms with Gasteiger partial charge in [0.05, 0.1) is 22.2 Å². The first kappa shape index (κ1) is 16.2. The highest BCUT2D eigenvalue weighted by atomic mass is 79.9. The van der Waals surface area contributed by atoms with Crippen molar-refractivity contribution in [3.8, 4) is 0 Å². The van der Waals surface area contributed by atoms with E-state index in [1.807, 2.05) is 0 Å². The second-order valence-electron chi connectivity index (χ2n) is 4.34. The van der Waals surface area contributed by atoms with Crippen LogP contribution >= 0.6 is 31.9 Å². The molecule has 0 bridgehead atoms. The van der Waals surface area contributed by atoms with Gasteiger partial charge in [0.1, 0.15) is 0 Å². The zero-order valence-electron chi connectivity index (χ0n) is 10.9. The summed E-state index contributed by atoms with van der Waals surface area (Å²) in [7, 11) is 0. The Morgan fingerprint density at radius 1 is 1.37 bits per heavy atom. The van der Waals surface area contributed by atoms with Crippen LogP contribution in [-0.2, 0) is 9.53 Å². The zero-order valence-corrected chi connectivity index (χ0v) is 14.1. The molecule has 1 rings (SSSR count). The molecule has 0 aliphatic rings. The molecule has 0 unspecified atom stereocenters. The molecule has 0 radical (unpaired) electrons. The van der Waals surface area contributed by atoms with E-state index in [1.54, 1.807) is 39.0 Å². The van der Waals surface area contributed by atoms with Crippen LogP contribution in [0.15, 0.2) is 22.7 Å². The molecule has 19 heavy (non-hydrogen) atoms. The fourth-order valence-corrected chi connectivity index (χ4v) is 1.81. The van der Waals surface area contributed by atoms with Gasteiger partial charge in [-0.25, -0.2) is 4.79 Å². The Morgan fingerprint density at radius 3 is 2.47 bits per heavy atom. The number of rotatable bonds is 4. The molecule has 0 saturated heterocycles. The molecule has 0 spiro atoms. The normalized spacial score (nSPS) is 11.0. The first-order valence-electron chi connectivity index (χ1n) is 5.72. The lowest BCUT2D eigenvalue weighted by Gasteiger charge is -2.16. The Bertz CT molecular complexity index is 495. The van der Waals surface area contributed by atoms with Crippen LogP contribution in [0, 0.1) is 0 Å². The van der Waals surface area contributed by atoms with Gasteiger partial charge < -0.3 is 10.1 Å². The maximum Gasteiger partial charge on any atom is 0.338 e. The van der Waals surface area contributed by atoms with Crippen molar-refractivity contribution in [3.63, 3.8) is 0 Å². The van der Waals surface area contributed by atoms with Crippen molar-refractivity contribution in [2.75, 3.05) is 11.9 Å². The lowest BCUT2D eigenvalue weighted by Crippen LogP contribution is -2.31. The standard InChI is InChI=1S/C13H15Br2NO3/c1-4-19-11(17)8-5-6-10(9(14)7-8)16-12(18)13(2,3)15/h5-7H,4H2,1-3H3,(H,16,18). The second-order valence-corrected chi connectivity index (χ2v) is 7.18. The van der Waals surface area contributed by atoms with Crippen LogP contribution in [0.25, 0.3) is 0 Å². The molecule has 104 valence electrons. The molecule has 1 aromatic carbocycles. The summed E-state index contributed by atoms with van der Waals surface area (Å²) in [5, 5.41) is 2.76. The monoisotopic (exact) mass is 391 g/mol. The maximum atomic E-state index is 11.8. The Hall–Kier alpha value is -0.880. The van der Waals surface area contributed by atoms with Crippen molar-refractivity contribution in [1.29, 1.82) is 0 Å². The molecule has 0 saturated carbocycles. The van der Waals surface area contributed by atoms with Crippen molar-refractivity contribution in [2.45, 2.75) is 25.1 Å². The van der Waals surface area contributed by atoms with Gasteiger partial charge in [-0.1, -0.05) is 15.9 Å². The number of carbonyl (C=O) groups excluding carboxylic acids is 2. The van der Waals surface area contributed by atoms with E-state index in [1.165, 1.54) is 0 Å². The Kier molecular flexibility index (Phi) is 5.55. The Labute approximate surface area is 129 Å². The fourth-order valence-electron chi connectivity index (χ4n) is 1.23. The van der Waals surface area contributed by atoms with Gasteiger partial charge >= 0.3 is 5.97 Å². The SMILES string of the molecule is CCOC(=O)c1ccc(NC(=O)C(C)(C)Br)c(Br)c1. The van der Waals surface area contributed by atoms with Crippen molar-refractivity contribution < 1.29 is 14.3 Å². The van der Waals surface area contributed by atoms with Gasteiger partial charge in [0, 0.05) is 4.47 Å². The highest BCUT2D eigenvalue weighted by molar-refractivity contribution is 9.10. The highest BCUT2D eigenvalue weighted by Gasteiger charge is 2.24. The average molecular weight is 393 g/mol. The maximum absolute atomic E-state index is 11.8. The third kappa shape index (κ3) is 4.62. The average Bonchev–Trinajstić information content (AvgIpc) is 2.30. The van der Waals surface area contributed by atoms with Crippen LogP contribution in [0.1, 0.15) is 31.1 Å². The van der Waals surface area contributed by atoms with Crippen LogP contribution < -0.4 is 5.32 Å². The first-order chi connectivity index (χ1) is 8.75. The fraction of sp³-hybridized carbons (Fsp3) is 0.385. The smallest absolute Gasteiger partial charge is 0.338 e. The summed E-state index contributed by atoms with van der Waals surface area (Å²) < 4.78 is 4.87. The molecule has 1 aromatic rings. The molecular weight excluding hydrogens is 378 g/mol. The molecule has 0 aliphatic heterocycles. The lowest BCUT2D eigenvalue weighted by atomic mass is 10.1. The van der Waals surface area contributed by atoms with E-state index < -0.39 is 4.32 Å². The van der Waals surface area contributed by atoms with Gasteiger partial charge in [-0.05, 0) is 54.9 Å². The van der Waals surface area contributed by atoms with Crippen LogP contribution in [0.4, 0.5) is 5.69 Å². The van der Waals surface area contributed by atoms with E-state index in [-0.39, 0.29) is 11.9 Å². The third-order valence-electron chi connectivity index (χ3n) is 2.27. The molecule has 0 fully saturated rings. The number of hydrogen-bond donors (Lipinski definition) is 1. The highest BCUT2D eigenvalue weighted by Crippen LogP contribution is 2.26. The molecule has 6 heteroatoms. The molecule has 4 nitrogen and oxygen atoms in total. The van der Waals surface area contributed by atoms with Crippen molar-refractivity contribution in [1.82, 2.24) is 0 Å². The van der Waals surface area contributed by atoms with E-state index in [4.69, 9.17) is 4.74 Å². The summed E-state index contributed by atoms with van der Waals surface area (Å²) in [4.78, 5) is 23.4. The second kappa shape index (κ2) is 6.52. The topological polar surface area (TPSA) is 55.4 Å². The van der Waals surface area contributed by atoms with Gasteiger partial charge in [0.2, 0.25) is 5.91 Å². The summed E-state index contributed by atoms with van der Waals surface area (Å²) in [5.41, 5.74) is 1.04. The van der Waals surface area contributed by atoms with E-state index in [0.717, 1.165) is 0 Å². The number of nitrogens with one attached hydrogen (secondary N) is 1. The number of amides is 1. The van der Waals surface area contributed by atoms with Gasteiger partial charge in [0.15, 0.2) is 0 Å². The first-order valence-corrected chi connectivity index (χ1v) is 7.31. The van der Waals surface area contributed by atoms with E-state index in [0.29, 0.717) is 22.3 Å². The lowest BCUT2D eigenvalue weighted by molar-refractivity contribution is -0.117. The number of halogens is 2. The predicted octanol–water partition coefficient (Wildman–Crippen LogP) is 3.74. The summed E-state index contributed by atoms with van der Waals surface area (Å²) >= 11 is 6.61. The van der Waals surface area contributed by atoms with Gasteiger partial charge in [-0.3, -0.25) is 4.79 Å². The summed E-state index contributed by atoms with van der Waals surface area (Å²) in [6.07, 6.45) is 0. The van der Waals surface area contributed by atoms with Crippen LogP contribution in [0.2, 0.25) is 0 Å². The molecule has 0 heterocycles. The summed E-state index contributed by atoms with van der Waals surface area (Å²) in [5.74, 6) is -0.556. The van der Waals surface area contributed by atoms with Gasteiger partial charge in [0.25, 0.3) is 0 Å². The number of alkyl halides is 1. The summed E-state index contributed by atoms with van der Waals surface area (Å²) in [6, 6.07) is 4.89. The number of esters is 1. The van der Waals surface area contributed by atoms with Crippen molar-refractivity contribution >= 4 is 49.4 Å². The quantitative estimate of drug-likeness (QED) is 0.627. The Balaban J connectivity index is 2.89. The third-order valence-corrected chi connectivity index (χ3v) is 3.28. The van der Waals surface area contributed by atoms with Crippen molar-refractivity contribution in [3.05, 3.63) is 28.2 Å². The van der Waals surface area contributed by atoms with E-state index >= 15 is 0 Å². The van der Waals surface area contributed by atoms with Gasteiger partial charge in [-0.15, -0.1) is 0 Å². The minimum Gasteiger partial charge on any atom is -0.462 e. The number of ether oxygens (including phenoxy) is 1. The Morgan fingerprint density at radius 2 is 2.00 bits per heavy atom. The zero-order chi connectivity index (χ0) is 14.6. The summed E-state index contributed by atoms with van der Waals surface area (Å²) in [6.45, 7) is 5.58. The molecular formula is C13H15Br2NO3. The van der Waals surface area contributed by atoms with Gasteiger partial charge in [-0.2, -0.15) is 0 Å². The minimum atomic E-state index is -0.660. The van der Waals surface area contributed by atoms with Crippen LogP contribution in [-0.4, -0.2) is 22.8 Å². The molecule has 1 N–H and O–H groups in total. The predicted molar refractivity (Wildman–Crippen MR) is 81.7 cm³/mol. The number of anilines is 1. The van der Waals surface area contributed by atoms with Crippen LogP contribution in [0.5, 0.6) is 0 Å². The molecule has 0 aromatic heterocycles. The van der Waals surface area contributed by atoms with Crippen molar-refractivity contribution in [2.24, 2.45) is 0 Å². The number of hydrogen-bond acceptors (Lipinski definition) is 3. The minimum absolute atomic E-state index is 0.169. The molecule has 0 aliphatic carbocycles. The number of carbonyl (C=O) groups is 2. The van der Waals surface area contributed by atoms with E-state index in [2.05, 4.69) is 37.2 Å². The molecule has 0 atom stereocenters. The largest absolute Gasteiger partial charge is 0.462 e. The molecule has 1 amide bonds. The van der Waals surface area contributed by atoms with E-state index in [9.17, 15) is 9.59 Å². The number of benzene rings is 1.